The Kier molecular flexibility index (Phi) is 5.68. The van der Waals surface area contributed by atoms with Crippen molar-refractivity contribution in [1.29, 1.82) is 0 Å². The van der Waals surface area contributed by atoms with Crippen LogP contribution < -0.4 is 10.2 Å². The van der Waals surface area contributed by atoms with E-state index in [1.165, 1.54) is 36.1 Å². The lowest BCUT2D eigenvalue weighted by molar-refractivity contribution is -0.120. The van der Waals surface area contributed by atoms with Crippen LogP contribution in [0.4, 0.5) is 15.8 Å². The van der Waals surface area contributed by atoms with Crippen molar-refractivity contribution in [3.05, 3.63) is 59.4 Å². The zero-order valence-corrected chi connectivity index (χ0v) is 14.1. The Labute approximate surface area is 141 Å². The summed E-state index contributed by atoms with van der Waals surface area (Å²) in [6.45, 7) is 5.28. The number of nitrogens with zero attached hydrogens (tertiary/aromatic N) is 1. The Morgan fingerprint density at radius 1 is 1.12 bits per heavy atom. The van der Waals surface area contributed by atoms with Gasteiger partial charge in [-0.3, -0.25) is 9.59 Å². The molecule has 0 spiro atoms. The normalized spacial score (nSPS) is 10.3. The third-order valence-electron chi connectivity index (χ3n) is 3.78. The Morgan fingerprint density at radius 3 is 2.38 bits per heavy atom. The molecule has 2 aromatic rings. The number of carbonyl (C=O) groups is 2. The maximum absolute atomic E-state index is 12.9. The van der Waals surface area contributed by atoms with Gasteiger partial charge in [0.15, 0.2) is 0 Å². The van der Waals surface area contributed by atoms with Crippen LogP contribution in [-0.4, -0.2) is 18.4 Å². The molecule has 0 aliphatic carbocycles. The fraction of sp³-hybridized carbons (Fsp3) is 0.263. The molecule has 1 N–H and O–H groups in total. The van der Waals surface area contributed by atoms with Crippen molar-refractivity contribution in [3.63, 3.8) is 0 Å². The number of hydrogen-bond donors (Lipinski definition) is 1. The lowest BCUT2D eigenvalue weighted by Gasteiger charge is -2.25. The predicted molar refractivity (Wildman–Crippen MR) is 93.6 cm³/mol. The lowest BCUT2D eigenvalue weighted by atomic mass is 10.0. The van der Waals surface area contributed by atoms with Gasteiger partial charge in [-0.1, -0.05) is 25.1 Å². The van der Waals surface area contributed by atoms with Gasteiger partial charge >= 0.3 is 0 Å². The van der Waals surface area contributed by atoms with Crippen LogP contribution in [0.15, 0.2) is 42.5 Å². The molecule has 0 radical (unpaired) electrons. The average molecular weight is 328 g/mol. The minimum Gasteiger partial charge on any atom is -0.325 e. The second kappa shape index (κ2) is 7.73. The van der Waals surface area contributed by atoms with Crippen molar-refractivity contribution in [2.45, 2.75) is 27.2 Å². The van der Waals surface area contributed by atoms with Gasteiger partial charge in [0.2, 0.25) is 11.8 Å². The van der Waals surface area contributed by atoms with Gasteiger partial charge in [0.05, 0.1) is 5.69 Å². The molecule has 2 rings (SSSR count). The number of nitrogens with one attached hydrogen (secondary N) is 1. The number of rotatable bonds is 5. The summed E-state index contributed by atoms with van der Waals surface area (Å²) >= 11 is 0. The van der Waals surface area contributed by atoms with Crippen LogP contribution in [0.2, 0.25) is 0 Å². The van der Waals surface area contributed by atoms with Gasteiger partial charge in [0.25, 0.3) is 0 Å². The van der Waals surface area contributed by atoms with E-state index >= 15 is 0 Å². The molecular weight excluding hydrogens is 307 g/mol. The molecule has 0 bridgehead atoms. The van der Waals surface area contributed by atoms with E-state index in [9.17, 15) is 14.0 Å². The highest BCUT2D eigenvalue weighted by atomic mass is 19.1. The second-order valence-corrected chi connectivity index (χ2v) is 5.60. The third kappa shape index (κ3) is 4.19. The van der Waals surface area contributed by atoms with E-state index < -0.39 is 0 Å². The van der Waals surface area contributed by atoms with E-state index in [1.54, 1.807) is 0 Å². The maximum Gasteiger partial charge on any atom is 0.244 e. The third-order valence-corrected chi connectivity index (χ3v) is 3.78. The van der Waals surface area contributed by atoms with E-state index in [2.05, 4.69) is 5.32 Å². The highest BCUT2D eigenvalue weighted by Gasteiger charge is 2.20. The molecule has 0 saturated heterocycles. The van der Waals surface area contributed by atoms with E-state index in [4.69, 9.17) is 0 Å². The first-order valence-electron chi connectivity index (χ1n) is 7.84. The maximum atomic E-state index is 12.9. The first kappa shape index (κ1) is 17.7. The predicted octanol–water partition coefficient (Wildman–Crippen LogP) is 3.69. The van der Waals surface area contributed by atoms with E-state index in [-0.39, 0.29) is 24.2 Å². The minimum atomic E-state index is -0.370. The molecule has 0 aliphatic rings. The van der Waals surface area contributed by atoms with Crippen LogP contribution in [0, 0.1) is 12.7 Å². The van der Waals surface area contributed by atoms with Crippen molar-refractivity contribution in [3.8, 4) is 0 Å². The Bertz CT molecular complexity index is 742. The molecule has 0 saturated carbocycles. The number of anilines is 2. The Hall–Kier alpha value is -2.69. The molecule has 0 aliphatic heterocycles. The summed E-state index contributed by atoms with van der Waals surface area (Å²) in [4.78, 5) is 25.9. The molecule has 0 fully saturated rings. The summed E-state index contributed by atoms with van der Waals surface area (Å²) < 4.78 is 12.9. The van der Waals surface area contributed by atoms with Crippen LogP contribution in [0.5, 0.6) is 0 Å². The zero-order valence-electron chi connectivity index (χ0n) is 14.1. The van der Waals surface area contributed by atoms with Crippen LogP contribution in [0.25, 0.3) is 0 Å². The van der Waals surface area contributed by atoms with Crippen LogP contribution in [-0.2, 0) is 16.0 Å². The number of hydrogen-bond acceptors (Lipinski definition) is 2. The second-order valence-electron chi connectivity index (χ2n) is 5.60. The highest BCUT2D eigenvalue weighted by Crippen LogP contribution is 2.26. The molecule has 4 nitrogen and oxygen atoms in total. The summed E-state index contributed by atoms with van der Waals surface area (Å²) in [6.07, 6.45) is 0.764. The number of carbonyl (C=O) groups excluding carboxylic acids is 2. The van der Waals surface area contributed by atoms with Gasteiger partial charge in [-0.2, -0.15) is 0 Å². The van der Waals surface area contributed by atoms with E-state index in [0.717, 1.165) is 23.2 Å². The molecular formula is C19H21FN2O2. The molecule has 24 heavy (non-hydrogen) atoms. The summed E-state index contributed by atoms with van der Waals surface area (Å²) in [6, 6.07) is 11.3. The van der Waals surface area contributed by atoms with Crippen molar-refractivity contribution in [2.24, 2.45) is 0 Å². The first-order chi connectivity index (χ1) is 11.4. The van der Waals surface area contributed by atoms with Crippen LogP contribution in [0.1, 0.15) is 25.0 Å². The van der Waals surface area contributed by atoms with E-state index in [1.807, 2.05) is 32.0 Å². The summed E-state index contributed by atoms with van der Waals surface area (Å²) in [7, 11) is 0. The summed E-state index contributed by atoms with van der Waals surface area (Å²) in [5.74, 6) is -0.902. The topological polar surface area (TPSA) is 49.4 Å². The minimum absolute atomic E-state index is 0.0927. The van der Waals surface area contributed by atoms with Gasteiger partial charge in [-0.25, -0.2) is 4.39 Å². The lowest BCUT2D eigenvalue weighted by Crippen LogP contribution is -2.37. The highest BCUT2D eigenvalue weighted by molar-refractivity contribution is 6.02. The average Bonchev–Trinajstić information content (AvgIpc) is 2.54. The van der Waals surface area contributed by atoms with Gasteiger partial charge in [-0.15, -0.1) is 0 Å². The van der Waals surface area contributed by atoms with Gasteiger partial charge in [0.1, 0.15) is 12.4 Å². The van der Waals surface area contributed by atoms with Crippen molar-refractivity contribution >= 4 is 23.2 Å². The van der Waals surface area contributed by atoms with Crippen molar-refractivity contribution in [1.82, 2.24) is 0 Å². The summed E-state index contributed by atoms with van der Waals surface area (Å²) in [5, 5.41) is 2.68. The van der Waals surface area contributed by atoms with Gasteiger partial charge < -0.3 is 10.2 Å². The van der Waals surface area contributed by atoms with Crippen molar-refractivity contribution < 1.29 is 14.0 Å². The molecule has 2 amide bonds. The zero-order chi connectivity index (χ0) is 17.7. The quantitative estimate of drug-likeness (QED) is 0.910. The molecule has 0 atom stereocenters. The van der Waals surface area contributed by atoms with E-state index in [0.29, 0.717) is 5.69 Å². The molecule has 126 valence electrons. The Balaban J connectivity index is 2.21. The Morgan fingerprint density at radius 2 is 1.79 bits per heavy atom. The van der Waals surface area contributed by atoms with Gasteiger partial charge in [0, 0.05) is 12.6 Å². The van der Waals surface area contributed by atoms with Crippen LogP contribution >= 0.6 is 0 Å². The number of amides is 2. The summed E-state index contributed by atoms with van der Waals surface area (Å²) in [5.41, 5.74) is 3.23. The van der Waals surface area contributed by atoms with Crippen molar-refractivity contribution in [2.75, 3.05) is 16.8 Å². The molecule has 0 heterocycles. The molecule has 0 unspecified atom stereocenters. The molecule has 0 aromatic heterocycles. The smallest absolute Gasteiger partial charge is 0.244 e. The first-order valence-corrected chi connectivity index (χ1v) is 7.84. The standard InChI is InChI=1S/C19H21FN2O2/c1-4-15-7-5-6-13(2)19(15)22(14(3)23)12-18(24)21-17-10-8-16(20)9-11-17/h5-11H,4,12H2,1-3H3,(H,21,24). The number of halogens is 1. The largest absolute Gasteiger partial charge is 0.325 e. The fourth-order valence-corrected chi connectivity index (χ4v) is 2.62. The SMILES string of the molecule is CCc1cccc(C)c1N(CC(=O)Nc1ccc(F)cc1)C(C)=O. The monoisotopic (exact) mass is 328 g/mol. The molecule has 2 aromatic carbocycles. The van der Waals surface area contributed by atoms with Crippen LogP contribution in [0.3, 0.4) is 0 Å². The number of benzene rings is 2. The van der Waals surface area contributed by atoms with Gasteiger partial charge in [-0.05, 0) is 48.7 Å². The molecule has 5 heteroatoms. The number of para-hydroxylation sites is 1. The number of aryl methyl sites for hydroxylation is 2. The fourth-order valence-electron chi connectivity index (χ4n) is 2.62.